The Morgan fingerprint density at radius 2 is 2.21 bits per heavy atom. The summed E-state index contributed by atoms with van der Waals surface area (Å²) in [6.07, 6.45) is 2.74. The standard InChI is InChI=1S/C10H10N6O3/c17-9(5-16-6-13-14-15-16)12-4-7-1-2-8(10(18)19)11-3-7/h1-3,6H,4-5H2,(H,12,17)(H,18,19). The van der Waals surface area contributed by atoms with E-state index in [1.54, 1.807) is 6.07 Å². The highest BCUT2D eigenvalue weighted by atomic mass is 16.4. The highest BCUT2D eigenvalue weighted by Crippen LogP contribution is 2.00. The number of amides is 1. The first-order valence-corrected chi connectivity index (χ1v) is 5.31. The van der Waals surface area contributed by atoms with Crippen LogP contribution in [0.1, 0.15) is 16.1 Å². The lowest BCUT2D eigenvalue weighted by atomic mass is 10.2. The Balaban J connectivity index is 1.84. The van der Waals surface area contributed by atoms with E-state index in [9.17, 15) is 9.59 Å². The van der Waals surface area contributed by atoms with E-state index in [0.717, 1.165) is 0 Å². The largest absolute Gasteiger partial charge is 0.477 e. The van der Waals surface area contributed by atoms with Crippen molar-refractivity contribution in [3.63, 3.8) is 0 Å². The summed E-state index contributed by atoms with van der Waals surface area (Å²) in [5, 5.41) is 21.7. The predicted molar refractivity (Wildman–Crippen MR) is 60.9 cm³/mol. The third kappa shape index (κ3) is 3.56. The third-order valence-electron chi connectivity index (χ3n) is 2.23. The van der Waals surface area contributed by atoms with Gasteiger partial charge in [-0.25, -0.2) is 14.5 Å². The number of carbonyl (C=O) groups excluding carboxylic acids is 1. The zero-order chi connectivity index (χ0) is 13.7. The van der Waals surface area contributed by atoms with Crippen molar-refractivity contribution in [3.05, 3.63) is 35.9 Å². The molecule has 0 saturated carbocycles. The number of hydrogen-bond donors (Lipinski definition) is 2. The summed E-state index contributed by atoms with van der Waals surface area (Å²) in [5.41, 5.74) is 0.666. The summed E-state index contributed by atoms with van der Waals surface area (Å²) < 4.78 is 1.29. The third-order valence-corrected chi connectivity index (χ3v) is 2.23. The van der Waals surface area contributed by atoms with E-state index < -0.39 is 5.97 Å². The summed E-state index contributed by atoms with van der Waals surface area (Å²) in [5.74, 6) is -1.34. The van der Waals surface area contributed by atoms with E-state index in [1.165, 1.54) is 23.3 Å². The first kappa shape index (κ1) is 12.6. The van der Waals surface area contributed by atoms with Crippen LogP contribution < -0.4 is 5.32 Å². The molecule has 0 atom stereocenters. The van der Waals surface area contributed by atoms with Crippen molar-refractivity contribution in [2.75, 3.05) is 0 Å². The molecular formula is C10H10N6O3. The molecule has 2 N–H and O–H groups in total. The van der Waals surface area contributed by atoms with Crippen molar-refractivity contribution in [3.8, 4) is 0 Å². The van der Waals surface area contributed by atoms with Gasteiger partial charge in [0.2, 0.25) is 5.91 Å². The molecule has 2 heterocycles. The zero-order valence-corrected chi connectivity index (χ0v) is 9.72. The Labute approximate surface area is 107 Å². The molecule has 2 rings (SSSR count). The molecule has 0 fully saturated rings. The second-order valence-corrected chi connectivity index (χ2v) is 3.64. The van der Waals surface area contributed by atoms with Crippen molar-refractivity contribution in [2.24, 2.45) is 0 Å². The quantitative estimate of drug-likeness (QED) is 0.714. The van der Waals surface area contributed by atoms with Crippen LogP contribution in [0.15, 0.2) is 24.7 Å². The lowest BCUT2D eigenvalue weighted by Gasteiger charge is -2.04. The minimum absolute atomic E-state index is 0.0215. The van der Waals surface area contributed by atoms with Crippen LogP contribution in [0.5, 0.6) is 0 Å². The molecule has 0 aromatic carbocycles. The van der Waals surface area contributed by atoms with Crippen LogP contribution in [-0.4, -0.2) is 42.2 Å². The molecule has 0 spiro atoms. The predicted octanol–water partition coefficient (Wildman–Crippen LogP) is -0.917. The van der Waals surface area contributed by atoms with Gasteiger partial charge in [-0.3, -0.25) is 4.79 Å². The number of rotatable bonds is 5. The van der Waals surface area contributed by atoms with Crippen molar-refractivity contribution in [2.45, 2.75) is 13.1 Å². The molecule has 98 valence electrons. The summed E-state index contributed by atoms with van der Waals surface area (Å²) >= 11 is 0. The minimum Gasteiger partial charge on any atom is -0.477 e. The highest BCUT2D eigenvalue weighted by Gasteiger charge is 2.06. The molecule has 0 aliphatic rings. The molecule has 0 saturated heterocycles. The number of carbonyl (C=O) groups is 2. The number of aromatic carboxylic acids is 1. The molecule has 1 amide bonds. The van der Waals surface area contributed by atoms with Crippen LogP contribution in [0.4, 0.5) is 0 Å². The molecular weight excluding hydrogens is 252 g/mol. The fourth-order valence-corrected chi connectivity index (χ4v) is 1.31. The van der Waals surface area contributed by atoms with Crippen LogP contribution in [-0.2, 0) is 17.9 Å². The normalized spacial score (nSPS) is 10.1. The van der Waals surface area contributed by atoms with Gasteiger partial charge in [0.05, 0.1) is 0 Å². The van der Waals surface area contributed by atoms with Crippen LogP contribution in [0, 0.1) is 0 Å². The average Bonchev–Trinajstić information content (AvgIpc) is 2.89. The van der Waals surface area contributed by atoms with Crippen molar-refractivity contribution < 1.29 is 14.7 Å². The number of pyridine rings is 1. The number of nitrogens with one attached hydrogen (secondary N) is 1. The monoisotopic (exact) mass is 262 g/mol. The lowest BCUT2D eigenvalue weighted by Crippen LogP contribution is -2.27. The maximum Gasteiger partial charge on any atom is 0.354 e. The van der Waals surface area contributed by atoms with Crippen LogP contribution in [0.3, 0.4) is 0 Å². The fourth-order valence-electron chi connectivity index (χ4n) is 1.31. The number of aromatic nitrogens is 5. The van der Waals surface area contributed by atoms with Gasteiger partial charge in [-0.2, -0.15) is 0 Å². The molecule has 0 bridgehead atoms. The summed E-state index contributed by atoms with van der Waals surface area (Å²) in [7, 11) is 0. The molecule has 9 heteroatoms. The van der Waals surface area contributed by atoms with Crippen LogP contribution in [0.25, 0.3) is 0 Å². The van der Waals surface area contributed by atoms with E-state index in [1.807, 2.05) is 0 Å². The molecule has 0 radical (unpaired) electrons. The molecule has 2 aromatic heterocycles. The van der Waals surface area contributed by atoms with Crippen LogP contribution >= 0.6 is 0 Å². The Bertz CT molecular complexity index is 565. The fraction of sp³-hybridized carbons (Fsp3) is 0.200. The van der Waals surface area contributed by atoms with E-state index in [4.69, 9.17) is 5.11 Å². The lowest BCUT2D eigenvalue weighted by molar-refractivity contribution is -0.122. The zero-order valence-electron chi connectivity index (χ0n) is 9.72. The van der Waals surface area contributed by atoms with Gasteiger partial charge in [0.25, 0.3) is 0 Å². The topological polar surface area (TPSA) is 123 Å². The number of carboxylic acid groups (broad SMARTS) is 1. The Morgan fingerprint density at radius 3 is 2.79 bits per heavy atom. The van der Waals surface area contributed by atoms with Gasteiger partial charge in [0.15, 0.2) is 0 Å². The van der Waals surface area contributed by atoms with Crippen molar-refractivity contribution in [1.29, 1.82) is 0 Å². The first-order chi connectivity index (χ1) is 9.15. The van der Waals surface area contributed by atoms with Gasteiger partial charge in [0, 0.05) is 12.7 Å². The maximum absolute atomic E-state index is 11.5. The van der Waals surface area contributed by atoms with Gasteiger partial charge >= 0.3 is 5.97 Å². The number of hydrogen-bond acceptors (Lipinski definition) is 6. The van der Waals surface area contributed by atoms with E-state index in [2.05, 4.69) is 25.8 Å². The molecule has 0 aliphatic heterocycles. The van der Waals surface area contributed by atoms with Gasteiger partial charge in [-0.1, -0.05) is 6.07 Å². The second-order valence-electron chi connectivity index (χ2n) is 3.64. The summed E-state index contributed by atoms with van der Waals surface area (Å²) in [6, 6.07) is 2.97. The average molecular weight is 262 g/mol. The number of carboxylic acids is 1. The Morgan fingerprint density at radius 1 is 1.37 bits per heavy atom. The summed E-state index contributed by atoms with van der Waals surface area (Å²) in [4.78, 5) is 25.9. The Kier molecular flexibility index (Phi) is 3.76. The molecule has 19 heavy (non-hydrogen) atoms. The van der Waals surface area contributed by atoms with E-state index in [0.29, 0.717) is 5.56 Å². The number of tetrazole rings is 1. The minimum atomic E-state index is -1.09. The summed E-state index contributed by atoms with van der Waals surface area (Å²) in [6.45, 7) is 0.279. The van der Waals surface area contributed by atoms with Gasteiger partial charge in [-0.05, 0) is 22.1 Å². The first-order valence-electron chi connectivity index (χ1n) is 5.31. The molecule has 0 unspecified atom stereocenters. The maximum atomic E-state index is 11.5. The van der Waals surface area contributed by atoms with Crippen molar-refractivity contribution >= 4 is 11.9 Å². The molecule has 9 nitrogen and oxygen atoms in total. The van der Waals surface area contributed by atoms with Crippen molar-refractivity contribution in [1.82, 2.24) is 30.5 Å². The Hall–Kier alpha value is -2.84. The smallest absolute Gasteiger partial charge is 0.354 e. The molecule has 2 aromatic rings. The van der Waals surface area contributed by atoms with Crippen LogP contribution in [0.2, 0.25) is 0 Å². The highest BCUT2D eigenvalue weighted by molar-refractivity contribution is 5.85. The van der Waals surface area contributed by atoms with Gasteiger partial charge in [0.1, 0.15) is 18.6 Å². The van der Waals surface area contributed by atoms with E-state index in [-0.39, 0.29) is 24.7 Å². The molecule has 0 aliphatic carbocycles. The van der Waals surface area contributed by atoms with Gasteiger partial charge in [-0.15, -0.1) is 5.10 Å². The van der Waals surface area contributed by atoms with Gasteiger partial charge < -0.3 is 10.4 Å². The SMILES string of the molecule is O=C(Cn1cnnn1)NCc1ccc(C(=O)O)nc1. The van der Waals surface area contributed by atoms with E-state index >= 15 is 0 Å². The second kappa shape index (κ2) is 5.67. The number of nitrogens with zero attached hydrogens (tertiary/aromatic N) is 5.